The Kier molecular flexibility index (Phi) is 4.28. The monoisotopic (exact) mass is 297 g/mol. The second-order valence-electron chi connectivity index (χ2n) is 2.85. The van der Waals surface area contributed by atoms with Crippen LogP contribution in [-0.4, -0.2) is 18.1 Å². The van der Waals surface area contributed by atoms with Gasteiger partial charge in [-0.3, -0.25) is 4.79 Å². The number of esters is 1. The molecule has 0 saturated heterocycles. The van der Waals surface area contributed by atoms with Crippen molar-refractivity contribution in [3.05, 3.63) is 27.7 Å². The summed E-state index contributed by atoms with van der Waals surface area (Å²) in [5, 5.41) is 0. The number of pyridine rings is 1. The van der Waals surface area contributed by atoms with Gasteiger partial charge in [0, 0.05) is 0 Å². The largest absolute Gasteiger partial charge is 0.469 e. The van der Waals surface area contributed by atoms with Crippen molar-refractivity contribution in [2.24, 2.45) is 0 Å². The van der Waals surface area contributed by atoms with Gasteiger partial charge in [0.05, 0.1) is 23.7 Å². The molecule has 1 aromatic rings. The Morgan fingerprint density at radius 1 is 1.62 bits per heavy atom. The van der Waals surface area contributed by atoms with Gasteiger partial charge >= 0.3 is 5.97 Å². The number of methoxy groups -OCH3 is 1. The van der Waals surface area contributed by atoms with E-state index in [1.165, 1.54) is 0 Å². The molecule has 0 radical (unpaired) electrons. The molecule has 1 heterocycles. The Morgan fingerprint density at radius 2 is 2.25 bits per heavy atom. The van der Waals surface area contributed by atoms with Gasteiger partial charge in [-0.25, -0.2) is 18.2 Å². The first-order valence-electron chi connectivity index (χ1n) is 4.15. The fourth-order valence-corrected chi connectivity index (χ4v) is 1.49. The third-order valence-electron chi connectivity index (χ3n) is 1.75. The highest BCUT2D eigenvalue weighted by atomic mass is 79.9. The summed E-state index contributed by atoms with van der Waals surface area (Å²) >= 11 is 2.78. The number of alkyl halides is 2. The molecule has 0 N–H and O–H groups in total. The maximum atomic E-state index is 13.1. The fourth-order valence-electron chi connectivity index (χ4n) is 1.02. The van der Waals surface area contributed by atoms with Crippen molar-refractivity contribution >= 4 is 21.9 Å². The van der Waals surface area contributed by atoms with Crippen LogP contribution in [0.25, 0.3) is 0 Å². The maximum Gasteiger partial charge on any atom is 0.311 e. The molecule has 0 amide bonds. The highest BCUT2D eigenvalue weighted by Crippen LogP contribution is 2.26. The summed E-state index contributed by atoms with van der Waals surface area (Å²) in [6.45, 7) is 0. The summed E-state index contributed by atoms with van der Waals surface area (Å²) in [4.78, 5) is 14.3. The maximum absolute atomic E-state index is 13.1. The number of aromatic nitrogens is 1. The Balaban J connectivity index is 3.09. The van der Waals surface area contributed by atoms with Crippen LogP contribution in [0.3, 0.4) is 0 Å². The van der Waals surface area contributed by atoms with Gasteiger partial charge in [-0.15, -0.1) is 0 Å². The van der Waals surface area contributed by atoms with Gasteiger partial charge < -0.3 is 4.74 Å². The van der Waals surface area contributed by atoms with Crippen LogP contribution in [0.15, 0.2) is 10.5 Å². The lowest BCUT2D eigenvalue weighted by molar-refractivity contribution is -0.139. The molecule has 3 nitrogen and oxygen atoms in total. The van der Waals surface area contributed by atoms with E-state index in [1.54, 1.807) is 0 Å². The Bertz CT molecular complexity index is 412. The molecule has 0 aliphatic heterocycles. The fraction of sp³-hybridized carbons (Fsp3) is 0.333. The molecule has 0 aliphatic rings. The topological polar surface area (TPSA) is 39.2 Å². The first kappa shape index (κ1) is 13.0. The van der Waals surface area contributed by atoms with Crippen LogP contribution < -0.4 is 0 Å². The van der Waals surface area contributed by atoms with E-state index in [-0.39, 0.29) is 16.6 Å². The van der Waals surface area contributed by atoms with Crippen molar-refractivity contribution in [1.29, 1.82) is 0 Å². The van der Waals surface area contributed by atoms with Crippen molar-refractivity contribution in [2.45, 2.75) is 12.8 Å². The summed E-state index contributed by atoms with van der Waals surface area (Å²) in [7, 11) is 1.16. The summed E-state index contributed by atoms with van der Waals surface area (Å²) in [6.07, 6.45) is -3.32. The second kappa shape index (κ2) is 5.29. The predicted octanol–water partition coefficient (Wildman–Crippen LogP) is 2.64. The zero-order valence-corrected chi connectivity index (χ0v) is 9.72. The normalized spacial score (nSPS) is 10.6. The molecule has 0 aromatic carbocycles. The van der Waals surface area contributed by atoms with Gasteiger partial charge in [0.1, 0.15) is 5.69 Å². The standard InChI is InChI=1S/C9H7BrF3NO2/c1-16-6(15)3-4-2-5(10)7(11)8(14-4)9(12)13/h2,9H,3H2,1H3. The SMILES string of the molecule is COC(=O)Cc1cc(Br)c(F)c(C(F)F)n1. The highest BCUT2D eigenvalue weighted by molar-refractivity contribution is 9.10. The molecule has 0 aliphatic carbocycles. The van der Waals surface area contributed by atoms with Gasteiger partial charge in [-0.1, -0.05) is 0 Å². The second-order valence-corrected chi connectivity index (χ2v) is 3.70. The minimum Gasteiger partial charge on any atom is -0.469 e. The molecule has 1 aromatic heterocycles. The van der Waals surface area contributed by atoms with E-state index < -0.39 is 23.9 Å². The van der Waals surface area contributed by atoms with E-state index in [9.17, 15) is 18.0 Å². The van der Waals surface area contributed by atoms with Gasteiger partial charge in [0.25, 0.3) is 6.43 Å². The van der Waals surface area contributed by atoms with Crippen LogP contribution in [0, 0.1) is 5.82 Å². The van der Waals surface area contributed by atoms with E-state index in [1.807, 2.05) is 0 Å². The number of hydrogen-bond acceptors (Lipinski definition) is 3. The summed E-state index contributed by atoms with van der Waals surface area (Å²) in [6, 6.07) is 1.16. The number of nitrogens with zero attached hydrogens (tertiary/aromatic N) is 1. The first-order chi connectivity index (χ1) is 7.45. The average Bonchev–Trinajstić information content (AvgIpc) is 2.22. The van der Waals surface area contributed by atoms with Crippen LogP contribution in [0.1, 0.15) is 17.8 Å². The highest BCUT2D eigenvalue weighted by Gasteiger charge is 2.20. The van der Waals surface area contributed by atoms with Crippen molar-refractivity contribution in [3.8, 4) is 0 Å². The van der Waals surface area contributed by atoms with Crippen molar-refractivity contribution in [2.75, 3.05) is 7.11 Å². The number of rotatable bonds is 3. The van der Waals surface area contributed by atoms with Crippen molar-refractivity contribution in [1.82, 2.24) is 4.98 Å². The third kappa shape index (κ3) is 2.94. The number of hydrogen-bond donors (Lipinski definition) is 0. The van der Waals surface area contributed by atoms with E-state index in [2.05, 4.69) is 25.7 Å². The lowest BCUT2D eigenvalue weighted by Gasteiger charge is -2.06. The van der Waals surface area contributed by atoms with Gasteiger partial charge in [0.15, 0.2) is 5.82 Å². The van der Waals surface area contributed by atoms with Crippen LogP contribution in [0.2, 0.25) is 0 Å². The smallest absolute Gasteiger partial charge is 0.311 e. The summed E-state index contributed by atoms with van der Waals surface area (Å²) in [5.74, 6) is -1.75. The molecule has 88 valence electrons. The lowest BCUT2D eigenvalue weighted by atomic mass is 10.2. The zero-order chi connectivity index (χ0) is 12.3. The van der Waals surface area contributed by atoms with Gasteiger partial charge in [-0.05, 0) is 22.0 Å². The van der Waals surface area contributed by atoms with E-state index in [0.29, 0.717) is 0 Å². The molecule has 0 saturated carbocycles. The Morgan fingerprint density at radius 3 is 2.75 bits per heavy atom. The third-order valence-corrected chi connectivity index (χ3v) is 2.33. The molecule has 0 spiro atoms. The average molecular weight is 298 g/mol. The molecule has 16 heavy (non-hydrogen) atoms. The minimum atomic E-state index is -3.03. The molecule has 0 atom stereocenters. The number of carbonyl (C=O) groups is 1. The van der Waals surface area contributed by atoms with Crippen LogP contribution >= 0.6 is 15.9 Å². The first-order valence-corrected chi connectivity index (χ1v) is 4.94. The van der Waals surface area contributed by atoms with E-state index in [0.717, 1.165) is 13.2 Å². The van der Waals surface area contributed by atoms with E-state index in [4.69, 9.17) is 0 Å². The molecule has 0 bridgehead atoms. The predicted molar refractivity (Wildman–Crippen MR) is 52.6 cm³/mol. The molecule has 0 fully saturated rings. The lowest BCUT2D eigenvalue weighted by Crippen LogP contribution is -2.09. The molecular formula is C9H7BrF3NO2. The number of carbonyl (C=O) groups excluding carboxylic acids is 1. The molecular weight excluding hydrogens is 291 g/mol. The van der Waals surface area contributed by atoms with Crippen molar-refractivity contribution < 1.29 is 22.7 Å². The molecule has 0 unspecified atom stereocenters. The quantitative estimate of drug-likeness (QED) is 0.805. The summed E-state index contributed by atoms with van der Waals surface area (Å²) in [5.41, 5.74) is -0.955. The molecule has 1 rings (SSSR count). The Labute approximate surface area is 97.8 Å². The zero-order valence-electron chi connectivity index (χ0n) is 8.14. The van der Waals surface area contributed by atoms with Crippen LogP contribution in [-0.2, 0) is 16.0 Å². The van der Waals surface area contributed by atoms with Gasteiger partial charge in [0.2, 0.25) is 0 Å². The van der Waals surface area contributed by atoms with Crippen molar-refractivity contribution in [3.63, 3.8) is 0 Å². The minimum absolute atomic E-state index is 0.0235. The number of halogens is 4. The number of ether oxygens (including phenoxy) is 1. The van der Waals surface area contributed by atoms with Gasteiger partial charge in [-0.2, -0.15) is 0 Å². The van der Waals surface area contributed by atoms with Crippen LogP contribution in [0.4, 0.5) is 13.2 Å². The molecule has 7 heteroatoms. The Hall–Kier alpha value is -1.11. The summed E-state index contributed by atoms with van der Waals surface area (Å²) < 4.78 is 42.1. The van der Waals surface area contributed by atoms with E-state index >= 15 is 0 Å². The van der Waals surface area contributed by atoms with Crippen LogP contribution in [0.5, 0.6) is 0 Å².